The number of allylic oxidation sites excluding steroid dienone is 1. The lowest BCUT2D eigenvalue weighted by Crippen LogP contribution is -2.25. The molecule has 0 unspecified atom stereocenters. The van der Waals surface area contributed by atoms with Gasteiger partial charge >= 0.3 is 0 Å². The second-order valence-corrected chi connectivity index (χ2v) is 8.46. The molecule has 3 heterocycles. The minimum Gasteiger partial charge on any atom is -0.392 e. The first kappa shape index (κ1) is 22.0. The maximum Gasteiger partial charge on any atom is 0.278 e. The third-order valence-electron chi connectivity index (χ3n) is 6.38. The smallest absolute Gasteiger partial charge is 0.278 e. The van der Waals surface area contributed by atoms with Crippen LogP contribution in [0.3, 0.4) is 0 Å². The van der Waals surface area contributed by atoms with E-state index in [1.807, 2.05) is 31.2 Å². The quantitative estimate of drug-likeness (QED) is 0.365. The minimum absolute atomic E-state index is 0.0350. The highest BCUT2D eigenvalue weighted by atomic mass is 16.3. The lowest BCUT2D eigenvalue weighted by molar-refractivity contribution is 0.0306. The van der Waals surface area contributed by atoms with Gasteiger partial charge in [0.1, 0.15) is 11.0 Å². The third kappa shape index (κ3) is 3.59. The van der Waals surface area contributed by atoms with Gasteiger partial charge in [0, 0.05) is 11.9 Å². The Morgan fingerprint density at radius 3 is 2.71 bits per heavy atom. The van der Waals surface area contributed by atoms with Crippen LogP contribution in [-0.4, -0.2) is 34.5 Å². The van der Waals surface area contributed by atoms with Crippen LogP contribution in [-0.2, 0) is 25.2 Å². The zero-order valence-corrected chi connectivity index (χ0v) is 18.9. The molecule has 0 radical (unpaired) electrons. The number of fused-ring (bicyclic) bond motifs is 2. The molecular weight excluding hydrogens is 432 g/mol. The fourth-order valence-electron chi connectivity index (χ4n) is 4.44. The average Bonchev–Trinajstić information content (AvgIpc) is 3.34. The number of nitrogens with one attached hydrogen (secondary N) is 1. The SMILES string of the molecule is C=CCn1c(=O)c2cnc(Nc3ccc(CO)cc3)nc2n1-c1ccc2c(n1)[C@@](O)(CC)CC2. The van der Waals surface area contributed by atoms with Crippen LogP contribution in [0.1, 0.15) is 36.6 Å². The Hall–Kier alpha value is -3.82. The summed E-state index contributed by atoms with van der Waals surface area (Å²) in [5, 5.41) is 23.8. The van der Waals surface area contributed by atoms with Gasteiger partial charge in [-0.2, -0.15) is 4.98 Å². The average molecular weight is 459 g/mol. The third-order valence-corrected chi connectivity index (χ3v) is 6.38. The number of pyridine rings is 1. The van der Waals surface area contributed by atoms with Crippen molar-refractivity contribution >= 4 is 22.7 Å². The number of aliphatic hydroxyl groups excluding tert-OH is 1. The molecule has 3 N–H and O–H groups in total. The van der Waals surface area contributed by atoms with E-state index in [0.717, 1.165) is 23.2 Å². The molecule has 9 heteroatoms. The number of aliphatic hydroxyl groups is 2. The monoisotopic (exact) mass is 458 g/mol. The van der Waals surface area contributed by atoms with Crippen molar-refractivity contribution < 1.29 is 10.2 Å². The van der Waals surface area contributed by atoms with Crippen molar-refractivity contribution in [2.45, 2.75) is 44.9 Å². The van der Waals surface area contributed by atoms with Gasteiger partial charge in [0.05, 0.1) is 18.8 Å². The molecule has 1 atom stereocenters. The van der Waals surface area contributed by atoms with Crippen LogP contribution in [0.15, 0.2) is 60.0 Å². The molecule has 0 saturated heterocycles. The second-order valence-electron chi connectivity index (χ2n) is 8.46. The van der Waals surface area contributed by atoms with Gasteiger partial charge in [0.25, 0.3) is 5.56 Å². The molecule has 0 amide bonds. The zero-order chi connectivity index (χ0) is 23.9. The first-order valence-corrected chi connectivity index (χ1v) is 11.3. The number of aromatic nitrogens is 5. The lowest BCUT2D eigenvalue weighted by atomic mass is 9.98. The van der Waals surface area contributed by atoms with Gasteiger partial charge < -0.3 is 15.5 Å². The first-order valence-electron chi connectivity index (χ1n) is 11.3. The molecule has 5 rings (SSSR count). The maximum atomic E-state index is 13.2. The van der Waals surface area contributed by atoms with Crippen LogP contribution in [0.2, 0.25) is 0 Å². The summed E-state index contributed by atoms with van der Waals surface area (Å²) in [4.78, 5) is 26.9. The van der Waals surface area contributed by atoms with Crippen molar-refractivity contribution in [2.24, 2.45) is 0 Å². The van der Waals surface area contributed by atoms with Gasteiger partial charge in [-0.25, -0.2) is 19.3 Å². The minimum atomic E-state index is -0.972. The number of nitrogens with zero attached hydrogens (tertiary/aromatic N) is 5. The van der Waals surface area contributed by atoms with Gasteiger partial charge in [-0.15, -0.1) is 6.58 Å². The normalized spacial score (nSPS) is 17.1. The number of rotatable bonds is 7. The fraction of sp³-hybridized carbons (Fsp3) is 0.280. The van der Waals surface area contributed by atoms with Gasteiger partial charge in [-0.3, -0.25) is 4.79 Å². The first-order chi connectivity index (χ1) is 16.5. The highest BCUT2D eigenvalue weighted by molar-refractivity contribution is 5.77. The topological polar surface area (TPSA) is 118 Å². The largest absolute Gasteiger partial charge is 0.392 e. The van der Waals surface area contributed by atoms with Crippen molar-refractivity contribution in [2.75, 3.05) is 5.32 Å². The Kier molecular flexibility index (Phi) is 5.51. The molecule has 0 bridgehead atoms. The van der Waals surface area contributed by atoms with Crippen LogP contribution < -0.4 is 10.9 Å². The van der Waals surface area contributed by atoms with Crippen LogP contribution in [0.25, 0.3) is 16.9 Å². The maximum absolute atomic E-state index is 13.2. The predicted molar refractivity (Wildman–Crippen MR) is 129 cm³/mol. The summed E-state index contributed by atoms with van der Waals surface area (Å²) >= 11 is 0. The van der Waals surface area contributed by atoms with E-state index in [4.69, 9.17) is 4.98 Å². The molecule has 9 nitrogen and oxygen atoms in total. The fourth-order valence-corrected chi connectivity index (χ4v) is 4.44. The molecule has 1 aromatic carbocycles. The molecule has 4 aromatic rings. The van der Waals surface area contributed by atoms with E-state index in [1.165, 1.54) is 10.9 Å². The summed E-state index contributed by atoms with van der Waals surface area (Å²) in [6.07, 6.45) is 5.10. The lowest BCUT2D eigenvalue weighted by Gasteiger charge is -2.21. The van der Waals surface area contributed by atoms with Crippen molar-refractivity contribution in [1.82, 2.24) is 24.3 Å². The van der Waals surface area contributed by atoms with Crippen molar-refractivity contribution in [1.29, 1.82) is 0 Å². The predicted octanol–water partition coefficient (Wildman–Crippen LogP) is 2.94. The molecular formula is C25H26N6O3. The number of anilines is 2. The molecule has 0 aliphatic heterocycles. The van der Waals surface area contributed by atoms with E-state index in [1.54, 1.807) is 22.9 Å². The summed E-state index contributed by atoms with van der Waals surface area (Å²) in [5.41, 5.74) is 2.41. The molecule has 1 aliphatic carbocycles. The number of hydrogen-bond acceptors (Lipinski definition) is 7. The Bertz CT molecular complexity index is 1440. The Morgan fingerprint density at radius 1 is 1.21 bits per heavy atom. The van der Waals surface area contributed by atoms with E-state index in [0.29, 0.717) is 41.3 Å². The van der Waals surface area contributed by atoms with Gasteiger partial charge in [-0.05, 0) is 48.6 Å². The van der Waals surface area contributed by atoms with Crippen molar-refractivity contribution in [3.8, 4) is 5.82 Å². The highest BCUT2D eigenvalue weighted by Gasteiger charge is 2.37. The van der Waals surface area contributed by atoms with Gasteiger partial charge in [0.2, 0.25) is 5.95 Å². The van der Waals surface area contributed by atoms with Crippen LogP contribution in [0.4, 0.5) is 11.6 Å². The molecule has 0 spiro atoms. The molecule has 174 valence electrons. The molecule has 34 heavy (non-hydrogen) atoms. The summed E-state index contributed by atoms with van der Waals surface area (Å²) < 4.78 is 3.18. The van der Waals surface area contributed by atoms with E-state index in [9.17, 15) is 15.0 Å². The molecule has 1 aliphatic rings. The second kappa shape index (κ2) is 8.51. The Morgan fingerprint density at radius 2 is 2.00 bits per heavy atom. The highest BCUT2D eigenvalue weighted by Crippen LogP contribution is 2.38. The standard InChI is InChI=1S/C25H26N6O3/c1-3-13-30-23(33)19-14-26-24(27-18-8-5-16(15-32)6-9-18)29-22(19)31(30)20-10-7-17-11-12-25(34,4-2)21(17)28-20/h3,5-10,14,32,34H,1,4,11-13,15H2,2H3,(H,26,27,29)/t25-/m1/s1. The molecule has 3 aromatic heterocycles. The van der Waals surface area contributed by atoms with Crippen LogP contribution >= 0.6 is 0 Å². The Labute approximate surface area is 196 Å². The van der Waals surface area contributed by atoms with E-state index >= 15 is 0 Å². The summed E-state index contributed by atoms with van der Waals surface area (Å²) in [5.74, 6) is 0.818. The van der Waals surface area contributed by atoms with E-state index in [2.05, 4.69) is 21.9 Å². The number of hydrogen-bond donors (Lipinski definition) is 3. The van der Waals surface area contributed by atoms with Crippen LogP contribution in [0.5, 0.6) is 0 Å². The van der Waals surface area contributed by atoms with E-state index < -0.39 is 5.60 Å². The summed E-state index contributed by atoms with van der Waals surface area (Å²) in [7, 11) is 0. The van der Waals surface area contributed by atoms with E-state index in [-0.39, 0.29) is 18.7 Å². The molecule has 0 saturated carbocycles. The number of benzene rings is 1. The zero-order valence-electron chi connectivity index (χ0n) is 18.9. The Balaban J connectivity index is 1.65. The van der Waals surface area contributed by atoms with Gasteiger partial charge in [0.15, 0.2) is 11.5 Å². The summed E-state index contributed by atoms with van der Waals surface area (Å²) in [6.45, 7) is 5.96. The number of aryl methyl sites for hydroxylation is 1. The molecule has 0 fully saturated rings. The van der Waals surface area contributed by atoms with Crippen molar-refractivity contribution in [3.63, 3.8) is 0 Å². The van der Waals surface area contributed by atoms with Crippen LogP contribution in [0, 0.1) is 0 Å². The van der Waals surface area contributed by atoms with Crippen molar-refractivity contribution in [3.05, 3.63) is 82.4 Å². The van der Waals surface area contributed by atoms with Gasteiger partial charge in [-0.1, -0.05) is 31.2 Å². The summed E-state index contributed by atoms with van der Waals surface area (Å²) in [6, 6.07) is 11.1.